The van der Waals surface area contributed by atoms with Crippen molar-refractivity contribution in [3.63, 3.8) is 0 Å². The van der Waals surface area contributed by atoms with Gasteiger partial charge in [0, 0.05) is 22.7 Å². The van der Waals surface area contributed by atoms with Crippen LogP contribution in [0.1, 0.15) is 37.7 Å². The highest BCUT2D eigenvalue weighted by Crippen LogP contribution is 2.28. The fraction of sp³-hybridized carbons (Fsp3) is 0.571. The van der Waals surface area contributed by atoms with E-state index >= 15 is 0 Å². The molecule has 4 heteroatoms. The Labute approximate surface area is 112 Å². The quantitative estimate of drug-likeness (QED) is 0.881. The standard InChI is InChI=1S/C14H19ClFNO/c15-12-5-4-11(13(16)8-12)9-17-14(10-18)6-2-1-3-7-14/h4-5,8,17-18H,1-3,6-7,9-10H2. The maximum atomic E-state index is 13.6. The molecule has 1 saturated carbocycles. The number of aliphatic hydroxyl groups is 1. The molecule has 1 fully saturated rings. The number of halogens is 2. The van der Waals surface area contributed by atoms with Crippen LogP contribution in [0.25, 0.3) is 0 Å². The van der Waals surface area contributed by atoms with Crippen molar-refractivity contribution in [3.05, 3.63) is 34.6 Å². The van der Waals surface area contributed by atoms with Gasteiger partial charge < -0.3 is 10.4 Å². The first-order chi connectivity index (χ1) is 8.65. The molecule has 0 bridgehead atoms. The summed E-state index contributed by atoms with van der Waals surface area (Å²) >= 11 is 5.72. The van der Waals surface area contributed by atoms with Crippen molar-refractivity contribution in [1.82, 2.24) is 5.32 Å². The summed E-state index contributed by atoms with van der Waals surface area (Å²) < 4.78 is 13.6. The molecule has 2 rings (SSSR count). The summed E-state index contributed by atoms with van der Waals surface area (Å²) in [6, 6.07) is 4.71. The van der Waals surface area contributed by atoms with E-state index in [4.69, 9.17) is 11.6 Å². The Morgan fingerprint density at radius 3 is 2.61 bits per heavy atom. The average Bonchev–Trinajstić information content (AvgIpc) is 2.39. The van der Waals surface area contributed by atoms with Gasteiger partial charge in [0.1, 0.15) is 5.82 Å². The maximum absolute atomic E-state index is 13.6. The second-order valence-electron chi connectivity index (χ2n) is 5.09. The predicted molar refractivity (Wildman–Crippen MR) is 71.2 cm³/mol. The van der Waals surface area contributed by atoms with E-state index in [0.717, 1.165) is 25.7 Å². The largest absolute Gasteiger partial charge is 0.394 e. The molecule has 1 aromatic carbocycles. The van der Waals surface area contributed by atoms with Gasteiger partial charge in [-0.3, -0.25) is 0 Å². The molecule has 2 nitrogen and oxygen atoms in total. The molecule has 0 amide bonds. The summed E-state index contributed by atoms with van der Waals surface area (Å²) in [5, 5.41) is 13.3. The van der Waals surface area contributed by atoms with Crippen LogP contribution in [0, 0.1) is 5.82 Å². The Hall–Kier alpha value is -0.640. The number of nitrogens with one attached hydrogen (secondary N) is 1. The van der Waals surface area contributed by atoms with Crippen molar-refractivity contribution in [1.29, 1.82) is 0 Å². The molecule has 18 heavy (non-hydrogen) atoms. The summed E-state index contributed by atoms with van der Waals surface area (Å²) in [6.07, 6.45) is 5.38. The number of hydrogen-bond acceptors (Lipinski definition) is 2. The third-order valence-corrected chi connectivity index (χ3v) is 4.02. The van der Waals surface area contributed by atoms with E-state index in [-0.39, 0.29) is 18.0 Å². The Bertz CT molecular complexity index is 405. The Morgan fingerprint density at radius 1 is 1.28 bits per heavy atom. The number of aliphatic hydroxyl groups excluding tert-OH is 1. The maximum Gasteiger partial charge on any atom is 0.129 e. The van der Waals surface area contributed by atoms with Gasteiger partial charge in [0.25, 0.3) is 0 Å². The predicted octanol–water partition coefficient (Wildman–Crippen LogP) is 3.26. The van der Waals surface area contributed by atoms with Crippen LogP contribution in [0.4, 0.5) is 4.39 Å². The van der Waals surface area contributed by atoms with Gasteiger partial charge in [0.2, 0.25) is 0 Å². The van der Waals surface area contributed by atoms with Crippen LogP contribution in [0.2, 0.25) is 5.02 Å². The molecule has 0 radical (unpaired) electrons. The Kier molecular flexibility index (Phi) is 4.60. The van der Waals surface area contributed by atoms with Crippen molar-refractivity contribution >= 4 is 11.6 Å². The van der Waals surface area contributed by atoms with Crippen molar-refractivity contribution in [2.75, 3.05) is 6.61 Å². The smallest absolute Gasteiger partial charge is 0.129 e. The first-order valence-electron chi connectivity index (χ1n) is 6.45. The molecule has 0 aliphatic heterocycles. The molecule has 0 saturated heterocycles. The lowest BCUT2D eigenvalue weighted by Gasteiger charge is -2.36. The van der Waals surface area contributed by atoms with Crippen LogP contribution >= 0.6 is 11.6 Å². The molecule has 0 atom stereocenters. The second kappa shape index (κ2) is 6.00. The number of benzene rings is 1. The van der Waals surface area contributed by atoms with E-state index in [1.54, 1.807) is 12.1 Å². The summed E-state index contributed by atoms with van der Waals surface area (Å²) in [4.78, 5) is 0. The third kappa shape index (κ3) is 3.22. The molecule has 0 unspecified atom stereocenters. The van der Waals surface area contributed by atoms with Gasteiger partial charge in [-0.25, -0.2) is 4.39 Å². The molecule has 1 aliphatic carbocycles. The zero-order chi connectivity index (χ0) is 13.0. The first-order valence-corrected chi connectivity index (χ1v) is 6.83. The van der Waals surface area contributed by atoms with Gasteiger partial charge in [-0.15, -0.1) is 0 Å². The normalized spacial score (nSPS) is 18.8. The topological polar surface area (TPSA) is 32.3 Å². The molecule has 0 spiro atoms. The van der Waals surface area contributed by atoms with Crippen molar-refractivity contribution in [3.8, 4) is 0 Å². The van der Waals surface area contributed by atoms with Crippen LogP contribution in [0.5, 0.6) is 0 Å². The van der Waals surface area contributed by atoms with E-state index < -0.39 is 0 Å². The van der Waals surface area contributed by atoms with E-state index in [1.807, 2.05) is 0 Å². The van der Waals surface area contributed by atoms with Gasteiger partial charge >= 0.3 is 0 Å². The fourth-order valence-corrected chi connectivity index (χ4v) is 2.73. The monoisotopic (exact) mass is 271 g/mol. The van der Waals surface area contributed by atoms with Crippen LogP contribution in [-0.2, 0) is 6.54 Å². The lowest BCUT2D eigenvalue weighted by molar-refractivity contribution is 0.119. The molecular formula is C14H19ClFNO. The molecule has 1 aromatic rings. The van der Waals surface area contributed by atoms with E-state index in [2.05, 4.69) is 5.32 Å². The van der Waals surface area contributed by atoms with E-state index in [1.165, 1.54) is 12.5 Å². The second-order valence-corrected chi connectivity index (χ2v) is 5.52. The lowest BCUT2D eigenvalue weighted by atomic mass is 9.82. The minimum atomic E-state index is -0.293. The Morgan fingerprint density at radius 2 is 2.00 bits per heavy atom. The van der Waals surface area contributed by atoms with Gasteiger partial charge in [0.05, 0.1) is 6.61 Å². The van der Waals surface area contributed by atoms with Gasteiger partial charge in [0.15, 0.2) is 0 Å². The van der Waals surface area contributed by atoms with Crippen LogP contribution < -0.4 is 5.32 Å². The fourth-order valence-electron chi connectivity index (χ4n) is 2.57. The lowest BCUT2D eigenvalue weighted by Crippen LogP contribution is -2.49. The van der Waals surface area contributed by atoms with Crippen molar-refractivity contribution < 1.29 is 9.50 Å². The van der Waals surface area contributed by atoms with Crippen molar-refractivity contribution in [2.24, 2.45) is 0 Å². The highest BCUT2D eigenvalue weighted by molar-refractivity contribution is 6.30. The van der Waals surface area contributed by atoms with Crippen LogP contribution in [-0.4, -0.2) is 17.3 Å². The summed E-state index contributed by atoms with van der Waals surface area (Å²) in [7, 11) is 0. The average molecular weight is 272 g/mol. The van der Waals surface area contributed by atoms with Gasteiger partial charge in [-0.1, -0.05) is 36.9 Å². The SMILES string of the molecule is OCC1(NCc2ccc(Cl)cc2F)CCCCC1. The molecular weight excluding hydrogens is 253 g/mol. The van der Waals surface area contributed by atoms with Gasteiger partial charge in [-0.2, -0.15) is 0 Å². The molecule has 1 aliphatic rings. The third-order valence-electron chi connectivity index (χ3n) is 3.78. The van der Waals surface area contributed by atoms with Crippen molar-refractivity contribution in [2.45, 2.75) is 44.2 Å². The van der Waals surface area contributed by atoms with Crippen LogP contribution in [0.15, 0.2) is 18.2 Å². The van der Waals surface area contributed by atoms with E-state index in [9.17, 15) is 9.50 Å². The molecule has 0 aromatic heterocycles. The first kappa shape index (κ1) is 13.8. The minimum Gasteiger partial charge on any atom is -0.394 e. The molecule has 100 valence electrons. The highest BCUT2D eigenvalue weighted by atomic mass is 35.5. The summed E-state index contributed by atoms with van der Waals surface area (Å²) in [5.41, 5.74) is 0.363. The zero-order valence-electron chi connectivity index (χ0n) is 10.4. The van der Waals surface area contributed by atoms with Crippen LogP contribution in [0.3, 0.4) is 0 Å². The Balaban J connectivity index is 2.01. The van der Waals surface area contributed by atoms with E-state index in [0.29, 0.717) is 17.1 Å². The minimum absolute atomic E-state index is 0.113. The summed E-state index contributed by atoms with van der Waals surface area (Å²) in [5.74, 6) is -0.293. The highest BCUT2D eigenvalue weighted by Gasteiger charge is 2.30. The zero-order valence-corrected chi connectivity index (χ0v) is 11.1. The van der Waals surface area contributed by atoms with Gasteiger partial charge in [-0.05, 0) is 25.0 Å². The molecule has 2 N–H and O–H groups in total. The number of hydrogen-bond donors (Lipinski definition) is 2. The summed E-state index contributed by atoms with van der Waals surface area (Å²) in [6.45, 7) is 0.547. The number of rotatable bonds is 4. The molecule has 0 heterocycles.